The third kappa shape index (κ3) is 2.90. The minimum atomic E-state index is -0.328. The van der Waals surface area contributed by atoms with Gasteiger partial charge in [-0.2, -0.15) is 10.2 Å². The van der Waals surface area contributed by atoms with Crippen LogP contribution < -0.4 is 5.43 Å². The first-order valence-electron chi connectivity index (χ1n) is 8.08. The van der Waals surface area contributed by atoms with Crippen LogP contribution in [0.15, 0.2) is 29.4 Å². The topological polar surface area (TPSA) is 90.5 Å². The number of carbonyl (C=O) groups excluding carboxylic acids is 2. The molecular weight excluding hydrogens is 325 g/mol. The molecule has 0 saturated heterocycles. The number of halogens is 1. The second-order valence-electron chi connectivity index (χ2n) is 6.11. The van der Waals surface area contributed by atoms with Crippen molar-refractivity contribution >= 4 is 17.5 Å². The highest BCUT2D eigenvalue weighted by Crippen LogP contribution is 2.29. The number of amides is 2. The molecular formula is C17H16FN5O2. The third-order valence-corrected chi connectivity index (χ3v) is 4.47. The van der Waals surface area contributed by atoms with Crippen molar-refractivity contribution in [3.05, 3.63) is 41.3 Å². The number of hydrogen-bond acceptors (Lipinski definition) is 4. The molecule has 0 atom stereocenters. The molecule has 7 nitrogen and oxygen atoms in total. The lowest BCUT2D eigenvalue weighted by Crippen LogP contribution is -2.42. The van der Waals surface area contributed by atoms with Gasteiger partial charge in [0.2, 0.25) is 5.91 Å². The fourth-order valence-electron chi connectivity index (χ4n) is 3.15. The smallest absolute Gasteiger partial charge is 0.270 e. The molecule has 0 radical (unpaired) electrons. The molecule has 3 heterocycles. The van der Waals surface area contributed by atoms with Crippen LogP contribution in [0, 0.1) is 5.82 Å². The van der Waals surface area contributed by atoms with Crippen LogP contribution in [-0.4, -0.2) is 39.2 Å². The molecule has 0 unspecified atom stereocenters. The number of aromatic amines is 1. The van der Waals surface area contributed by atoms with Crippen molar-refractivity contribution in [2.24, 2.45) is 5.10 Å². The van der Waals surface area contributed by atoms with Gasteiger partial charge in [-0.25, -0.2) is 9.82 Å². The van der Waals surface area contributed by atoms with E-state index in [9.17, 15) is 14.0 Å². The fraction of sp³-hybridized carbons (Fsp3) is 0.294. The molecule has 1 aromatic carbocycles. The van der Waals surface area contributed by atoms with E-state index in [2.05, 4.69) is 20.7 Å². The highest BCUT2D eigenvalue weighted by molar-refractivity contribution is 6.39. The lowest BCUT2D eigenvalue weighted by molar-refractivity contribution is -0.125. The Balaban J connectivity index is 1.60. The number of rotatable bonds is 2. The van der Waals surface area contributed by atoms with Gasteiger partial charge in [-0.05, 0) is 12.1 Å². The number of hydrogen-bond donors (Lipinski definition) is 2. The Morgan fingerprint density at radius 2 is 2.12 bits per heavy atom. The molecule has 2 N–H and O–H groups in total. The quantitative estimate of drug-likeness (QED) is 0.864. The molecule has 2 amide bonds. The van der Waals surface area contributed by atoms with Crippen LogP contribution in [0.1, 0.15) is 24.1 Å². The lowest BCUT2D eigenvalue weighted by Gasteiger charge is -2.28. The largest absolute Gasteiger partial charge is 0.333 e. The first-order valence-corrected chi connectivity index (χ1v) is 8.08. The Bertz CT molecular complexity index is 889. The zero-order valence-electron chi connectivity index (χ0n) is 13.4. The molecule has 8 heteroatoms. The Morgan fingerprint density at radius 1 is 1.24 bits per heavy atom. The number of benzene rings is 1. The summed E-state index contributed by atoms with van der Waals surface area (Å²) < 4.78 is 13.5. The summed E-state index contributed by atoms with van der Waals surface area (Å²) in [6.45, 7) is 0.924. The van der Waals surface area contributed by atoms with Crippen molar-refractivity contribution in [1.82, 2.24) is 20.5 Å². The number of hydrazone groups is 1. The van der Waals surface area contributed by atoms with Crippen LogP contribution in [0.25, 0.3) is 11.3 Å². The summed E-state index contributed by atoms with van der Waals surface area (Å²) >= 11 is 0. The SMILES string of the molecule is O=C1CCC(C(=O)N2CCc3[nH]nc(-c4cccc(F)c4)c3C2)=NN1. The molecule has 2 aliphatic heterocycles. The summed E-state index contributed by atoms with van der Waals surface area (Å²) in [5.41, 5.74) is 5.90. The van der Waals surface area contributed by atoms with E-state index in [-0.39, 0.29) is 24.1 Å². The van der Waals surface area contributed by atoms with Crippen LogP contribution in [0.4, 0.5) is 4.39 Å². The van der Waals surface area contributed by atoms with E-state index in [1.807, 2.05) is 0 Å². The van der Waals surface area contributed by atoms with Gasteiger partial charge in [0.15, 0.2) is 0 Å². The van der Waals surface area contributed by atoms with Crippen molar-refractivity contribution < 1.29 is 14.0 Å². The summed E-state index contributed by atoms with van der Waals surface area (Å²) in [6, 6.07) is 6.24. The normalized spacial score (nSPS) is 16.9. The van der Waals surface area contributed by atoms with Crippen LogP contribution in [0.5, 0.6) is 0 Å². The molecule has 0 fully saturated rings. The maximum Gasteiger partial charge on any atom is 0.270 e. The molecule has 128 valence electrons. The van der Waals surface area contributed by atoms with Gasteiger partial charge in [-0.1, -0.05) is 12.1 Å². The van der Waals surface area contributed by atoms with Crippen molar-refractivity contribution in [1.29, 1.82) is 0 Å². The second-order valence-corrected chi connectivity index (χ2v) is 6.11. The standard InChI is InChI=1S/C17H16FN5O2/c18-11-3-1-2-10(8-11)16-12-9-23(7-6-13(12)19-22-16)17(25)14-4-5-15(24)21-20-14/h1-3,8H,4-7,9H2,(H,19,22)(H,21,24). The number of fused-ring (bicyclic) bond motifs is 1. The fourth-order valence-corrected chi connectivity index (χ4v) is 3.15. The molecule has 0 saturated carbocycles. The molecule has 1 aromatic heterocycles. The summed E-state index contributed by atoms with van der Waals surface area (Å²) in [5.74, 6) is -0.692. The van der Waals surface area contributed by atoms with Gasteiger partial charge in [0.1, 0.15) is 11.5 Å². The molecule has 25 heavy (non-hydrogen) atoms. The number of aromatic nitrogens is 2. The third-order valence-electron chi connectivity index (χ3n) is 4.47. The molecule has 0 bridgehead atoms. The Hall–Kier alpha value is -3.03. The summed E-state index contributed by atoms with van der Waals surface area (Å²) in [7, 11) is 0. The predicted octanol–water partition coefficient (Wildman–Crippen LogP) is 1.37. The minimum absolute atomic E-state index is 0.180. The molecule has 0 aliphatic carbocycles. The average molecular weight is 341 g/mol. The van der Waals surface area contributed by atoms with E-state index in [1.165, 1.54) is 12.1 Å². The van der Waals surface area contributed by atoms with Gasteiger partial charge in [-0.3, -0.25) is 14.7 Å². The van der Waals surface area contributed by atoms with Crippen molar-refractivity contribution in [3.63, 3.8) is 0 Å². The van der Waals surface area contributed by atoms with Crippen molar-refractivity contribution in [3.8, 4) is 11.3 Å². The maximum absolute atomic E-state index is 13.5. The van der Waals surface area contributed by atoms with Gasteiger partial charge in [0.25, 0.3) is 5.91 Å². The monoisotopic (exact) mass is 341 g/mol. The maximum atomic E-state index is 13.5. The predicted molar refractivity (Wildman–Crippen MR) is 87.9 cm³/mol. The van der Waals surface area contributed by atoms with Crippen molar-refractivity contribution in [2.75, 3.05) is 6.54 Å². The summed E-state index contributed by atoms with van der Waals surface area (Å²) in [6.07, 6.45) is 1.25. The number of carbonyl (C=O) groups is 2. The van der Waals surface area contributed by atoms with Crippen LogP contribution in [-0.2, 0) is 22.6 Å². The average Bonchev–Trinajstić information content (AvgIpc) is 3.05. The molecule has 2 aliphatic rings. The van der Waals surface area contributed by atoms with Crippen LogP contribution in [0.3, 0.4) is 0 Å². The number of nitrogens with zero attached hydrogens (tertiary/aromatic N) is 3. The summed E-state index contributed by atoms with van der Waals surface area (Å²) in [4.78, 5) is 25.5. The van der Waals surface area contributed by atoms with Crippen LogP contribution in [0.2, 0.25) is 0 Å². The van der Waals surface area contributed by atoms with E-state index in [1.54, 1.807) is 17.0 Å². The van der Waals surface area contributed by atoms with Crippen LogP contribution >= 0.6 is 0 Å². The first-order chi connectivity index (χ1) is 12.1. The highest BCUT2D eigenvalue weighted by atomic mass is 19.1. The van der Waals surface area contributed by atoms with E-state index in [0.717, 1.165) is 11.3 Å². The lowest BCUT2D eigenvalue weighted by atomic mass is 10.00. The zero-order valence-corrected chi connectivity index (χ0v) is 13.4. The van der Waals surface area contributed by atoms with Gasteiger partial charge in [-0.15, -0.1) is 0 Å². The highest BCUT2D eigenvalue weighted by Gasteiger charge is 2.29. The Kier molecular flexibility index (Phi) is 3.79. The molecule has 4 rings (SSSR count). The Labute approximate surface area is 142 Å². The minimum Gasteiger partial charge on any atom is -0.333 e. The van der Waals surface area contributed by atoms with Gasteiger partial charge >= 0.3 is 0 Å². The molecule has 2 aromatic rings. The first kappa shape index (κ1) is 15.5. The van der Waals surface area contributed by atoms with E-state index >= 15 is 0 Å². The molecule has 0 spiro atoms. The van der Waals surface area contributed by atoms with Gasteiger partial charge in [0, 0.05) is 42.6 Å². The second kappa shape index (κ2) is 6.12. The number of nitrogens with one attached hydrogen (secondary N) is 2. The number of H-pyrrole nitrogens is 1. The van der Waals surface area contributed by atoms with E-state index in [0.29, 0.717) is 42.9 Å². The zero-order chi connectivity index (χ0) is 17.4. The Morgan fingerprint density at radius 3 is 2.88 bits per heavy atom. The van der Waals surface area contributed by atoms with E-state index < -0.39 is 0 Å². The van der Waals surface area contributed by atoms with Gasteiger partial charge < -0.3 is 4.90 Å². The van der Waals surface area contributed by atoms with Gasteiger partial charge in [0.05, 0.1) is 12.2 Å². The van der Waals surface area contributed by atoms with Crippen molar-refractivity contribution in [2.45, 2.75) is 25.8 Å². The van der Waals surface area contributed by atoms with E-state index in [4.69, 9.17) is 0 Å². The summed E-state index contributed by atoms with van der Waals surface area (Å²) in [5, 5.41) is 11.2.